The quantitative estimate of drug-likeness (QED) is 0.713. The van der Waals surface area contributed by atoms with Crippen molar-refractivity contribution >= 4 is 22.6 Å². The highest BCUT2D eigenvalue weighted by atomic mass is 35.5. The lowest BCUT2D eigenvalue weighted by atomic mass is 9.80. The molecule has 1 saturated heterocycles. The van der Waals surface area contributed by atoms with Gasteiger partial charge in [0.2, 0.25) is 0 Å². The van der Waals surface area contributed by atoms with Crippen molar-refractivity contribution in [3.8, 4) is 0 Å². The Morgan fingerprint density at radius 2 is 1.83 bits per heavy atom. The molecule has 0 aromatic rings. The van der Waals surface area contributed by atoms with Gasteiger partial charge in [-0.2, -0.15) is 12.7 Å². The molecular formula is C15H32ClN3O3S. The largest absolute Gasteiger partial charge is 0.384 e. The maximum atomic E-state index is 12.6. The molecular weight excluding hydrogens is 338 g/mol. The first kappa shape index (κ1) is 21.1. The molecule has 6 nitrogen and oxygen atoms in total. The average Bonchev–Trinajstić information content (AvgIpc) is 2.54. The Bertz CT molecular complexity index is 430. The third kappa shape index (κ3) is 5.83. The van der Waals surface area contributed by atoms with Gasteiger partial charge in [0.15, 0.2) is 0 Å². The molecule has 8 heteroatoms. The monoisotopic (exact) mass is 369 g/mol. The molecule has 1 heterocycles. The van der Waals surface area contributed by atoms with Crippen molar-refractivity contribution in [1.29, 1.82) is 0 Å². The number of hydrogen-bond donors (Lipinski definition) is 2. The van der Waals surface area contributed by atoms with Crippen LogP contribution in [0.1, 0.15) is 44.9 Å². The molecule has 0 aromatic heterocycles. The van der Waals surface area contributed by atoms with E-state index in [9.17, 15) is 8.42 Å². The predicted molar refractivity (Wildman–Crippen MR) is 95.2 cm³/mol. The Morgan fingerprint density at radius 1 is 1.22 bits per heavy atom. The lowest BCUT2D eigenvalue weighted by molar-refractivity contribution is 0.0573. The molecule has 2 fully saturated rings. The van der Waals surface area contributed by atoms with Crippen molar-refractivity contribution in [1.82, 2.24) is 14.3 Å². The third-order valence-corrected chi connectivity index (χ3v) is 6.78. The molecule has 2 rings (SSSR count). The summed E-state index contributed by atoms with van der Waals surface area (Å²) in [6.07, 6.45) is 7.32. The Balaban J connectivity index is 0.00000264. The minimum atomic E-state index is -3.41. The fourth-order valence-electron chi connectivity index (χ4n) is 3.62. The number of ether oxygens (including phenoxy) is 1. The van der Waals surface area contributed by atoms with Crippen molar-refractivity contribution in [2.24, 2.45) is 5.41 Å². The zero-order valence-corrected chi connectivity index (χ0v) is 16.0. The van der Waals surface area contributed by atoms with Gasteiger partial charge >= 0.3 is 0 Å². The number of methoxy groups -OCH3 is 1. The summed E-state index contributed by atoms with van der Waals surface area (Å²) < 4.78 is 34.9. The maximum Gasteiger partial charge on any atom is 0.279 e. The topological polar surface area (TPSA) is 70.7 Å². The van der Waals surface area contributed by atoms with Gasteiger partial charge in [-0.05, 0) is 38.8 Å². The van der Waals surface area contributed by atoms with E-state index in [0.717, 1.165) is 51.6 Å². The fraction of sp³-hybridized carbons (Fsp3) is 1.00. The SMILES string of the molecule is COCC1(CNS(=O)(=O)N(C)C2CCCCC2)CCNCC1.Cl. The van der Waals surface area contributed by atoms with Gasteiger partial charge in [-0.3, -0.25) is 0 Å². The summed E-state index contributed by atoms with van der Waals surface area (Å²) in [5.74, 6) is 0. The van der Waals surface area contributed by atoms with Crippen LogP contribution in [0.2, 0.25) is 0 Å². The number of rotatable bonds is 7. The molecule has 1 aliphatic carbocycles. The average molecular weight is 370 g/mol. The van der Waals surface area contributed by atoms with Crippen molar-refractivity contribution in [2.75, 3.05) is 40.4 Å². The van der Waals surface area contributed by atoms with Crippen LogP contribution in [0.4, 0.5) is 0 Å². The van der Waals surface area contributed by atoms with Crippen LogP contribution in [-0.2, 0) is 14.9 Å². The van der Waals surface area contributed by atoms with E-state index in [1.807, 2.05) is 0 Å². The first-order chi connectivity index (χ1) is 10.5. The van der Waals surface area contributed by atoms with Crippen LogP contribution in [-0.4, -0.2) is 59.2 Å². The number of hydrogen-bond acceptors (Lipinski definition) is 4. The number of nitrogens with one attached hydrogen (secondary N) is 2. The van der Waals surface area contributed by atoms with E-state index in [2.05, 4.69) is 10.0 Å². The van der Waals surface area contributed by atoms with Gasteiger partial charge in [0.25, 0.3) is 10.2 Å². The minimum Gasteiger partial charge on any atom is -0.384 e. The molecule has 0 amide bonds. The van der Waals surface area contributed by atoms with E-state index >= 15 is 0 Å². The fourth-order valence-corrected chi connectivity index (χ4v) is 4.92. The Morgan fingerprint density at radius 3 is 2.39 bits per heavy atom. The van der Waals surface area contributed by atoms with Crippen molar-refractivity contribution in [3.05, 3.63) is 0 Å². The van der Waals surface area contributed by atoms with E-state index in [4.69, 9.17) is 4.74 Å². The van der Waals surface area contributed by atoms with Gasteiger partial charge in [0.1, 0.15) is 0 Å². The molecule has 0 atom stereocenters. The van der Waals surface area contributed by atoms with Gasteiger partial charge in [0, 0.05) is 32.2 Å². The smallest absolute Gasteiger partial charge is 0.279 e. The van der Waals surface area contributed by atoms with Crippen LogP contribution in [0.5, 0.6) is 0 Å². The van der Waals surface area contributed by atoms with E-state index in [0.29, 0.717) is 13.2 Å². The Hall–Kier alpha value is 0.0800. The zero-order chi connectivity index (χ0) is 16.1. The molecule has 1 saturated carbocycles. The second-order valence-electron chi connectivity index (χ2n) is 6.82. The molecule has 1 aliphatic heterocycles. The molecule has 0 bridgehead atoms. The molecule has 0 radical (unpaired) electrons. The number of nitrogens with zero attached hydrogens (tertiary/aromatic N) is 1. The second kappa shape index (κ2) is 9.53. The number of halogens is 1. The molecule has 23 heavy (non-hydrogen) atoms. The van der Waals surface area contributed by atoms with Crippen molar-refractivity contribution in [3.63, 3.8) is 0 Å². The highest BCUT2D eigenvalue weighted by Crippen LogP contribution is 2.29. The third-order valence-electron chi connectivity index (χ3n) is 5.21. The van der Waals surface area contributed by atoms with Gasteiger partial charge in [-0.15, -0.1) is 12.4 Å². The molecule has 0 aromatic carbocycles. The van der Waals surface area contributed by atoms with Crippen LogP contribution < -0.4 is 10.0 Å². The second-order valence-corrected chi connectivity index (χ2v) is 8.63. The van der Waals surface area contributed by atoms with Gasteiger partial charge in [-0.1, -0.05) is 19.3 Å². The lowest BCUT2D eigenvalue weighted by Gasteiger charge is -2.38. The van der Waals surface area contributed by atoms with Crippen LogP contribution in [0.3, 0.4) is 0 Å². The van der Waals surface area contributed by atoms with Crippen LogP contribution in [0.15, 0.2) is 0 Å². The summed E-state index contributed by atoms with van der Waals surface area (Å²) in [6, 6.07) is 0.151. The van der Waals surface area contributed by atoms with Gasteiger partial charge in [-0.25, -0.2) is 4.72 Å². The van der Waals surface area contributed by atoms with Crippen LogP contribution >= 0.6 is 12.4 Å². The standard InChI is InChI=1S/C15H31N3O3S.ClH/c1-18(14-6-4-3-5-7-14)22(19,20)17-12-15(13-21-2)8-10-16-11-9-15;/h14,16-17H,3-13H2,1-2H3;1H. The van der Waals surface area contributed by atoms with E-state index in [1.165, 1.54) is 6.42 Å². The molecule has 2 aliphatic rings. The normalized spacial score (nSPS) is 22.7. The summed E-state index contributed by atoms with van der Waals surface area (Å²) in [5, 5.41) is 3.33. The van der Waals surface area contributed by atoms with Crippen molar-refractivity contribution in [2.45, 2.75) is 51.0 Å². The Kier molecular flexibility index (Phi) is 8.76. The Labute approximate surface area is 147 Å². The summed E-state index contributed by atoms with van der Waals surface area (Å²) in [5.41, 5.74) is -0.0829. The molecule has 138 valence electrons. The lowest BCUT2D eigenvalue weighted by Crippen LogP contribution is -2.51. The summed E-state index contributed by atoms with van der Waals surface area (Å²) in [7, 11) is -0.00937. The predicted octanol–water partition coefficient (Wildman–Crippen LogP) is 1.52. The first-order valence-electron chi connectivity index (χ1n) is 8.41. The van der Waals surface area contributed by atoms with Crippen LogP contribution in [0.25, 0.3) is 0 Å². The van der Waals surface area contributed by atoms with Crippen LogP contribution in [0, 0.1) is 5.41 Å². The van der Waals surface area contributed by atoms with E-state index < -0.39 is 10.2 Å². The number of piperidine rings is 1. The highest BCUT2D eigenvalue weighted by Gasteiger charge is 2.35. The molecule has 0 spiro atoms. The van der Waals surface area contributed by atoms with E-state index in [1.54, 1.807) is 18.5 Å². The zero-order valence-electron chi connectivity index (χ0n) is 14.3. The minimum absolute atomic E-state index is 0. The van der Waals surface area contributed by atoms with Gasteiger partial charge < -0.3 is 10.1 Å². The van der Waals surface area contributed by atoms with E-state index in [-0.39, 0.29) is 23.9 Å². The summed E-state index contributed by atoms with van der Waals surface area (Å²) in [6.45, 7) is 2.90. The first-order valence-corrected chi connectivity index (χ1v) is 9.85. The summed E-state index contributed by atoms with van der Waals surface area (Å²) >= 11 is 0. The molecule has 0 unspecified atom stereocenters. The summed E-state index contributed by atoms with van der Waals surface area (Å²) in [4.78, 5) is 0. The van der Waals surface area contributed by atoms with Crippen molar-refractivity contribution < 1.29 is 13.2 Å². The van der Waals surface area contributed by atoms with Gasteiger partial charge in [0.05, 0.1) is 6.61 Å². The molecule has 2 N–H and O–H groups in total. The maximum absolute atomic E-state index is 12.6. The highest BCUT2D eigenvalue weighted by molar-refractivity contribution is 7.87.